The summed E-state index contributed by atoms with van der Waals surface area (Å²) in [5.74, 6) is -0.885. The van der Waals surface area contributed by atoms with E-state index in [2.05, 4.69) is 19.2 Å². The van der Waals surface area contributed by atoms with Crippen LogP contribution in [0.3, 0.4) is 0 Å². The standard InChI is InChI=1S/C13H26N2O3/c1-5-7-11(12(16)17)8-14-13(18)15(4)9-10(3)6-2/h10-11H,5-9H2,1-4H3,(H,14,18)(H,16,17). The SMILES string of the molecule is CCCC(CNC(=O)N(C)CC(C)CC)C(=O)O. The summed E-state index contributed by atoms with van der Waals surface area (Å²) in [6.45, 7) is 6.99. The van der Waals surface area contributed by atoms with Crippen molar-refractivity contribution in [1.29, 1.82) is 0 Å². The minimum Gasteiger partial charge on any atom is -0.481 e. The Morgan fingerprint density at radius 1 is 1.33 bits per heavy atom. The minimum atomic E-state index is -0.846. The lowest BCUT2D eigenvalue weighted by molar-refractivity contribution is -0.141. The van der Waals surface area contributed by atoms with Crippen LogP contribution in [-0.2, 0) is 4.79 Å². The van der Waals surface area contributed by atoms with Crippen LogP contribution >= 0.6 is 0 Å². The van der Waals surface area contributed by atoms with Crippen molar-refractivity contribution >= 4 is 12.0 Å². The van der Waals surface area contributed by atoms with E-state index in [1.165, 1.54) is 0 Å². The van der Waals surface area contributed by atoms with E-state index in [0.29, 0.717) is 18.9 Å². The van der Waals surface area contributed by atoms with Gasteiger partial charge >= 0.3 is 12.0 Å². The lowest BCUT2D eigenvalue weighted by Crippen LogP contribution is -2.42. The van der Waals surface area contributed by atoms with Crippen LogP contribution in [0.4, 0.5) is 4.79 Å². The molecule has 0 radical (unpaired) electrons. The second kappa shape index (κ2) is 8.78. The van der Waals surface area contributed by atoms with Crippen molar-refractivity contribution < 1.29 is 14.7 Å². The van der Waals surface area contributed by atoms with Crippen LogP contribution in [-0.4, -0.2) is 42.1 Å². The number of amides is 2. The quantitative estimate of drug-likeness (QED) is 0.701. The Balaban J connectivity index is 4.10. The molecule has 0 spiro atoms. The molecule has 0 rings (SSSR count). The zero-order chi connectivity index (χ0) is 14.1. The Labute approximate surface area is 110 Å². The van der Waals surface area contributed by atoms with E-state index in [-0.39, 0.29) is 12.6 Å². The summed E-state index contributed by atoms with van der Waals surface area (Å²) in [5.41, 5.74) is 0. The molecule has 0 heterocycles. The number of hydrogen-bond donors (Lipinski definition) is 2. The Kier molecular flexibility index (Phi) is 8.16. The molecule has 106 valence electrons. The van der Waals surface area contributed by atoms with Crippen molar-refractivity contribution in [3.63, 3.8) is 0 Å². The molecule has 5 heteroatoms. The first-order chi connectivity index (χ1) is 8.42. The number of hydrogen-bond acceptors (Lipinski definition) is 2. The molecule has 0 bridgehead atoms. The third-order valence-corrected chi connectivity index (χ3v) is 3.12. The highest BCUT2D eigenvalue weighted by atomic mass is 16.4. The number of carboxylic acids is 1. The van der Waals surface area contributed by atoms with Gasteiger partial charge in [-0.05, 0) is 12.3 Å². The van der Waals surface area contributed by atoms with Crippen molar-refractivity contribution in [1.82, 2.24) is 10.2 Å². The largest absolute Gasteiger partial charge is 0.481 e. The first-order valence-corrected chi connectivity index (χ1v) is 6.64. The molecule has 2 amide bonds. The number of carbonyl (C=O) groups excluding carboxylic acids is 1. The Morgan fingerprint density at radius 2 is 1.94 bits per heavy atom. The van der Waals surface area contributed by atoms with Gasteiger partial charge < -0.3 is 15.3 Å². The van der Waals surface area contributed by atoms with E-state index in [4.69, 9.17) is 5.11 Å². The van der Waals surface area contributed by atoms with Gasteiger partial charge in [0.1, 0.15) is 0 Å². The predicted octanol–water partition coefficient (Wildman–Crippen LogP) is 2.17. The van der Waals surface area contributed by atoms with Gasteiger partial charge in [-0.15, -0.1) is 0 Å². The third-order valence-electron chi connectivity index (χ3n) is 3.12. The molecule has 0 aromatic rings. The average Bonchev–Trinajstić information content (AvgIpc) is 2.33. The third kappa shape index (κ3) is 6.47. The van der Waals surface area contributed by atoms with Crippen molar-refractivity contribution in [2.45, 2.75) is 40.0 Å². The molecule has 0 aliphatic heterocycles. The molecule has 2 N–H and O–H groups in total. The van der Waals surface area contributed by atoms with Gasteiger partial charge in [0.2, 0.25) is 0 Å². The van der Waals surface area contributed by atoms with Crippen LogP contribution in [0.5, 0.6) is 0 Å². The van der Waals surface area contributed by atoms with Crippen LogP contribution in [0.1, 0.15) is 40.0 Å². The normalized spacial score (nSPS) is 13.8. The molecule has 0 saturated heterocycles. The maximum absolute atomic E-state index is 11.7. The topological polar surface area (TPSA) is 69.6 Å². The van der Waals surface area contributed by atoms with Gasteiger partial charge in [0.15, 0.2) is 0 Å². The number of urea groups is 1. The Morgan fingerprint density at radius 3 is 2.39 bits per heavy atom. The molecular weight excluding hydrogens is 232 g/mol. The Hall–Kier alpha value is -1.26. The molecule has 0 aliphatic carbocycles. The number of nitrogens with zero attached hydrogens (tertiary/aromatic N) is 1. The van der Waals surface area contributed by atoms with Gasteiger partial charge in [-0.1, -0.05) is 33.6 Å². The molecular formula is C13H26N2O3. The van der Waals surface area contributed by atoms with E-state index < -0.39 is 11.9 Å². The van der Waals surface area contributed by atoms with Crippen molar-refractivity contribution in [3.8, 4) is 0 Å². The molecule has 0 saturated carbocycles. The maximum atomic E-state index is 11.7. The van der Waals surface area contributed by atoms with Crippen LogP contribution < -0.4 is 5.32 Å². The zero-order valence-corrected chi connectivity index (χ0v) is 11.9. The van der Waals surface area contributed by atoms with E-state index in [0.717, 1.165) is 12.8 Å². The molecule has 0 aromatic carbocycles. The highest BCUT2D eigenvalue weighted by Crippen LogP contribution is 2.06. The Bertz CT molecular complexity index is 269. The summed E-state index contributed by atoms with van der Waals surface area (Å²) in [4.78, 5) is 24.3. The summed E-state index contributed by atoms with van der Waals surface area (Å²) in [6.07, 6.45) is 2.41. The number of aliphatic carboxylic acids is 1. The van der Waals surface area contributed by atoms with Gasteiger partial charge in [0, 0.05) is 20.1 Å². The molecule has 0 aliphatic rings. The summed E-state index contributed by atoms with van der Waals surface area (Å²) < 4.78 is 0. The lowest BCUT2D eigenvalue weighted by Gasteiger charge is -2.22. The van der Waals surface area contributed by atoms with E-state index in [9.17, 15) is 9.59 Å². The summed E-state index contributed by atoms with van der Waals surface area (Å²) in [6, 6.07) is -0.197. The van der Waals surface area contributed by atoms with Crippen molar-refractivity contribution in [2.75, 3.05) is 20.1 Å². The molecule has 18 heavy (non-hydrogen) atoms. The smallest absolute Gasteiger partial charge is 0.317 e. The number of carbonyl (C=O) groups is 2. The van der Waals surface area contributed by atoms with Crippen LogP contribution in [0.15, 0.2) is 0 Å². The minimum absolute atomic E-state index is 0.197. The van der Waals surface area contributed by atoms with Crippen LogP contribution in [0.25, 0.3) is 0 Å². The second-order valence-electron chi connectivity index (χ2n) is 4.90. The number of rotatable bonds is 8. The van der Waals surface area contributed by atoms with Gasteiger partial charge in [0.25, 0.3) is 0 Å². The monoisotopic (exact) mass is 258 g/mol. The summed E-state index contributed by atoms with van der Waals surface area (Å²) in [5, 5.41) is 11.7. The number of nitrogens with one attached hydrogen (secondary N) is 1. The van der Waals surface area contributed by atoms with Gasteiger partial charge in [0.05, 0.1) is 5.92 Å². The predicted molar refractivity (Wildman–Crippen MR) is 71.5 cm³/mol. The van der Waals surface area contributed by atoms with Crippen LogP contribution in [0.2, 0.25) is 0 Å². The van der Waals surface area contributed by atoms with Gasteiger partial charge in [-0.25, -0.2) is 4.79 Å². The number of carboxylic acid groups (broad SMARTS) is 1. The molecule has 0 fully saturated rings. The van der Waals surface area contributed by atoms with E-state index >= 15 is 0 Å². The second-order valence-corrected chi connectivity index (χ2v) is 4.90. The lowest BCUT2D eigenvalue weighted by atomic mass is 10.0. The summed E-state index contributed by atoms with van der Waals surface area (Å²) >= 11 is 0. The van der Waals surface area contributed by atoms with Crippen LogP contribution in [0, 0.1) is 11.8 Å². The van der Waals surface area contributed by atoms with E-state index in [1.54, 1.807) is 11.9 Å². The van der Waals surface area contributed by atoms with Crippen molar-refractivity contribution in [3.05, 3.63) is 0 Å². The highest BCUT2D eigenvalue weighted by Gasteiger charge is 2.18. The molecule has 0 aromatic heterocycles. The molecule has 2 unspecified atom stereocenters. The molecule has 2 atom stereocenters. The molecule has 5 nitrogen and oxygen atoms in total. The summed E-state index contributed by atoms with van der Waals surface area (Å²) in [7, 11) is 1.73. The highest BCUT2D eigenvalue weighted by molar-refractivity contribution is 5.75. The fraction of sp³-hybridized carbons (Fsp3) is 0.846. The van der Waals surface area contributed by atoms with Gasteiger partial charge in [-0.2, -0.15) is 0 Å². The fourth-order valence-corrected chi connectivity index (χ4v) is 1.69. The van der Waals surface area contributed by atoms with E-state index in [1.807, 2.05) is 6.92 Å². The maximum Gasteiger partial charge on any atom is 0.317 e. The first kappa shape index (κ1) is 16.7. The van der Waals surface area contributed by atoms with Crippen molar-refractivity contribution in [2.24, 2.45) is 11.8 Å². The van der Waals surface area contributed by atoms with Gasteiger partial charge in [-0.3, -0.25) is 4.79 Å². The zero-order valence-electron chi connectivity index (χ0n) is 11.9. The average molecular weight is 258 g/mol. The fourth-order valence-electron chi connectivity index (χ4n) is 1.69. The first-order valence-electron chi connectivity index (χ1n) is 6.64.